The fraction of sp³-hybridized carbons (Fsp3) is 0.190. The molecule has 0 saturated carbocycles. The largest absolute Gasteiger partial charge is 0.467 e. The van der Waals surface area contributed by atoms with E-state index in [9.17, 15) is 9.59 Å². The summed E-state index contributed by atoms with van der Waals surface area (Å²) in [6.07, 6.45) is 0. The molecular formula is C21H19N5O3S. The molecule has 2 heterocycles. The van der Waals surface area contributed by atoms with Crippen LogP contribution in [-0.4, -0.2) is 44.5 Å². The van der Waals surface area contributed by atoms with Gasteiger partial charge < -0.3 is 14.6 Å². The van der Waals surface area contributed by atoms with Gasteiger partial charge in [0.05, 0.1) is 18.4 Å². The van der Waals surface area contributed by atoms with Crippen LogP contribution in [0.25, 0.3) is 22.1 Å². The Morgan fingerprint density at radius 1 is 1.10 bits per heavy atom. The molecule has 0 aliphatic carbocycles. The molecule has 0 spiro atoms. The Hall–Kier alpha value is -3.46. The molecule has 1 amide bonds. The van der Waals surface area contributed by atoms with E-state index >= 15 is 0 Å². The second kappa shape index (κ2) is 8.50. The number of ether oxygens (including phenoxy) is 1. The molecule has 1 N–H and O–H groups in total. The normalized spacial score (nSPS) is 12.1. The van der Waals surface area contributed by atoms with E-state index < -0.39 is 12.0 Å². The van der Waals surface area contributed by atoms with Crippen molar-refractivity contribution >= 4 is 45.7 Å². The quantitative estimate of drug-likeness (QED) is 0.377. The van der Waals surface area contributed by atoms with E-state index in [0.717, 1.165) is 28.2 Å². The van der Waals surface area contributed by atoms with Gasteiger partial charge in [-0.1, -0.05) is 60.3 Å². The molecule has 2 aromatic heterocycles. The average molecular weight is 421 g/mol. The summed E-state index contributed by atoms with van der Waals surface area (Å²) in [6, 6.07) is 16.0. The third-order valence-electron chi connectivity index (χ3n) is 4.69. The highest BCUT2D eigenvalue weighted by Crippen LogP contribution is 2.26. The summed E-state index contributed by atoms with van der Waals surface area (Å²) in [6.45, 7) is 0. The molecule has 0 aliphatic heterocycles. The molecule has 0 aliphatic rings. The first-order chi connectivity index (χ1) is 14.6. The van der Waals surface area contributed by atoms with Crippen LogP contribution in [0.4, 0.5) is 0 Å². The first-order valence-electron chi connectivity index (χ1n) is 9.21. The number of nitrogens with one attached hydrogen (secondary N) is 1. The Morgan fingerprint density at radius 3 is 2.60 bits per heavy atom. The first-order valence-corrected chi connectivity index (χ1v) is 10.2. The van der Waals surface area contributed by atoms with Crippen molar-refractivity contribution in [2.24, 2.45) is 7.05 Å². The van der Waals surface area contributed by atoms with Crippen LogP contribution >= 0.6 is 11.8 Å². The van der Waals surface area contributed by atoms with Crippen molar-refractivity contribution < 1.29 is 14.3 Å². The van der Waals surface area contributed by atoms with Gasteiger partial charge in [-0.05, 0) is 11.6 Å². The van der Waals surface area contributed by atoms with Gasteiger partial charge in [0.15, 0.2) is 11.7 Å². The van der Waals surface area contributed by atoms with Crippen LogP contribution in [0.1, 0.15) is 11.6 Å². The first kappa shape index (κ1) is 19.8. The van der Waals surface area contributed by atoms with Crippen molar-refractivity contribution in [1.82, 2.24) is 25.1 Å². The second-order valence-electron chi connectivity index (χ2n) is 6.57. The van der Waals surface area contributed by atoms with Crippen LogP contribution < -0.4 is 5.32 Å². The van der Waals surface area contributed by atoms with Crippen LogP contribution in [0.2, 0.25) is 0 Å². The highest BCUT2D eigenvalue weighted by molar-refractivity contribution is 7.99. The number of methoxy groups -OCH3 is 1. The molecular weight excluding hydrogens is 402 g/mol. The second-order valence-corrected chi connectivity index (χ2v) is 7.51. The molecule has 2 aromatic carbocycles. The maximum absolute atomic E-state index is 12.5. The van der Waals surface area contributed by atoms with Crippen LogP contribution in [0, 0.1) is 0 Å². The molecule has 1 atom stereocenters. The Kier molecular flexibility index (Phi) is 5.62. The molecule has 9 heteroatoms. The number of carbonyl (C=O) groups is 2. The Labute approximate surface area is 176 Å². The van der Waals surface area contributed by atoms with E-state index in [2.05, 4.69) is 20.5 Å². The van der Waals surface area contributed by atoms with E-state index in [4.69, 9.17) is 4.74 Å². The fourth-order valence-corrected chi connectivity index (χ4v) is 3.82. The molecule has 30 heavy (non-hydrogen) atoms. The lowest BCUT2D eigenvalue weighted by atomic mass is 10.1. The van der Waals surface area contributed by atoms with E-state index in [-0.39, 0.29) is 11.7 Å². The zero-order chi connectivity index (χ0) is 21.1. The zero-order valence-corrected chi connectivity index (χ0v) is 17.2. The Bertz CT molecular complexity index is 1230. The number of hydrogen-bond acceptors (Lipinski definition) is 7. The van der Waals surface area contributed by atoms with Crippen molar-refractivity contribution in [1.29, 1.82) is 0 Å². The number of benzene rings is 2. The van der Waals surface area contributed by atoms with Gasteiger partial charge in [0, 0.05) is 12.4 Å². The number of fused-ring (bicyclic) bond motifs is 3. The SMILES string of the molecule is COC(=O)[C@H](NC(=O)CSc1nnc2c3ccccc3n(C)c2n1)c1ccccc1. The number of amides is 1. The minimum Gasteiger partial charge on any atom is -0.467 e. The molecule has 0 fully saturated rings. The predicted octanol–water partition coefficient (Wildman–Crippen LogP) is 2.64. The highest BCUT2D eigenvalue weighted by atomic mass is 32.2. The maximum Gasteiger partial charge on any atom is 0.333 e. The van der Waals surface area contributed by atoms with E-state index in [1.54, 1.807) is 24.3 Å². The Balaban J connectivity index is 1.49. The summed E-state index contributed by atoms with van der Waals surface area (Å²) < 4.78 is 6.77. The third-order valence-corrected chi connectivity index (χ3v) is 5.53. The summed E-state index contributed by atoms with van der Waals surface area (Å²) in [4.78, 5) is 29.1. The maximum atomic E-state index is 12.5. The molecule has 0 unspecified atom stereocenters. The number of aryl methyl sites for hydroxylation is 1. The lowest BCUT2D eigenvalue weighted by molar-refractivity contribution is -0.145. The lowest BCUT2D eigenvalue weighted by Crippen LogP contribution is -2.35. The van der Waals surface area contributed by atoms with Crippen molar-refractivity contribution in [3.63, 3.8) is 0 Å². The van der Waals surface area contributed by atoms with Crippen molar-refractivity contribution in [3.05, 3.63) is 60.2 Å². The summed E-state index contributed by atoms with van der Waals surface area (Å²) in [5, 5.41) is 12.5. The average Bonchev–Trinajstić information content (AvgIpc) is 3.08. The smallest absolute Gasteiger partial charge is 0.333 e. The molecule has 0 saturated heterocycles. The number of nitrogens with zero attached hydrogens (tertiary/aromatic N) is 4. The number of para-hydroxylation sites is 1. The number of esters is 1. The van der Waals surface area contributed by atoms with Crippen molar-refractivity contribution in [2.75, 3.05) is 12.9 Å². The van der Waals surface area contributed by atoms with Gasteiger partial charge in [0.25, 0.3) is 0 Å². The number of thioether (sulfide) groups is 1. The van der Waals surface area contributed by atoms with Crippen LogP contribution in [0.15, 0.2) is 59.8 Å². The fourth-order valence-electron chi connectivity index (χ4n) is 3.23. The Morgan fingerprint density at radius 2 is 1.83 bits per heavy atom. The topological polar surface area (TPSA) is 99.0 Å². The van der Waals surface area contributed by atoms with E-state index in [1.165, 1.54) is 7.11 Å². The van der Waals surface area contributed by atoms with E-state index in [0.29, 0.717) is 16.4 Å². The van der Waals surface area contributed by atoms with E-state index in [1.807, 2.05) is 41.9 Å². The summed E-state index contributed by atoms with van der Waals surface area (Å²) in [5.74, 6) is -0.827. The molecule has 152 valence electrons. The number of carbonyl (C=O) groups excluding carboxylic acids is 2. The summed E-state index contributed by atoms with van der Waals surface area (Å²) in [7, 11) is 3.21. The third kappa shape index (κ3) is 3.84. The molecule has 0 radical (unpaired) electrons. The summed E-state index contributed by atoms with van der Waals surface area (Å²) >= 11 is 1.16. The van der Waals surface area contributed by atoms with Gasteiger partial charge in [-0.2, -0.15) is 0 Å². The van der Waals surface area contributed by atoms with Gasteiger partial charge >= 0.3 is 5.97 Å². The van der Waals surface area contributed by atoms with Crippen molar-refractivity contribution in [3.8, 4) is 0 Å². The van der Waals surface area contributed by atoms with Gasteiger partial charge in [-0.25, -0.2) is 9.78 Å². The van der Waals surface area contributed by atoms with Gasteiger partial charge in [0.2, 0.25) is 11.1 Å². The van der Waals surface area contributed by atoms with Crippen LogP contribution in [0.5, 0.6) is 0 Å². The standard InChI is InChI=1S/C21H19N5O3S/c1-26-15-11-7-6-10-14(15)18-19(26)23-21(25-24-18)30-12-16(27)22-17(20(28)29-2)13-8-4-3-5-9-13/h3-11,17H,12H2,1-2H3,(H,22,27)/t17-/m1/s1. The van der Waals surface area contributed by atoms with Gasteiger partial charge in [-0.3, -0.25) is 4.79 Å². The predicted molar refractivity (Wildman–Crippen MR) is 114 cm³/mol. The number of aromatic nitrogens is 4. The highest BCUT2D eigenvalue weighted by Gasteiger charge is 2.23. The number of hydrogen-bond donors (Lipinski definition) is 1. The lowest BCUT2D eigenvalue weighted by Gasteiger charge is -2.16. The van der Waals surface area contributed by atoms with Crippen LogP contribution in [0.3, 0.4) is 0 Å². The monoisotopic (exact) mass is 421 g/mol. The number of rotatable bonds is 6. The molecule has 4 aromatic rings. The minimum absolute atomic E-state index is 0.0391. The minimum atomic E-state index is -0.871. The van der Waals surface area contributed by atoms with Gasteiger partial charge in [-0.15, -0.1) is 10.2 Å². The van der Waals surface area contributed by atoms with Crippen molar-refractivity contribution in [2.45, 2.75) is 11.2 Å². The molecule has 8 nitrogen and oxygen atoms in total. The molecule has 4 rings (SSSR count). The van der Waals surface area contributed by atoms with Gasteiger partial charge in [0.1, 0.15) is 5.52 Å². The van der Waals surface area contributed by atoms with Crippen LogP contribution in [-0.2, 0) is 21.4 Å². The summed E-state index contributed by atoms with van der Waals surface area (Å²) in [5.41, 5.74) is 3.08. The molecule has 0 bridgehead atoms. The zero-order valence-electron chi connectivity index (χ0n) is 16.4.